The Kier molecular flexibility index (Phi) is 5.63. The molecule has 3 rings (SSSR count). The van der Waals surface area contributed by atoms with Gasteiger partial charge in [0.15, 0.2) is 0 Å². The number of nitrogens with zero attached hydrogens (tertiary/aromatic N) is 1. The molecular formula is C19H22N2O4. The first-order valence-corrected chi connectivity index (χ1v) is 8.38. The zero-order valence-corrected chi connectivity index (χ0v) is 14.1. The maximum absolute atomic E-state index is 12.3. The molecule has 1 atom stereocenters. The molecular weight excluding hydrogens is 320 g/mol. The van der Waals surface area contributed by atoms with E-state index in [1.54, 1.807) is 30.6 Å². The molecule has 6 heteroatoms. The van der Waals surface area contributed by atoms with E-state index in [1.165, 1.54) is 0 Å². The van der Waals surface area contributed by atoms with Crippen LogP contribution >= 0.6 is 0 Å². The summed E-state index contributed by atoms with van der Waals surface area (Å²) in [5.41, 5.74) is 1.51. The van der Waals surface area contributed by atoms with Crippen LogP contribution in [0.3, 0.4) is 0 Å². The highest BCUT2D eigenvalue weighted by Crippen LogP contribution is 2.27. The van der Waals surface area contributed by atoms with E-state index in [-0.39, 0.29) is 11.8 Å². The van der Waals surface area contributed by atoms with E-state index in [1.807, 2.05) is 19.1 Å². The molecule has 1 aromatic carbocycles. The van der Waals surface area contributed by atoms with Crippen LogP contribution in [-0.4, -0.2) is 35.3 Å². The predicted molar refractivity (Wildman–Crippen MR) is 93.7 cm³/mol. The molecule has 25 heavy (non-hydrogen) atoms. The van der Waals surface area contributed by atoms with Gasteiger partial charge in [0.25, 0.3) is 5.91 Å². The van der Waals surface area contributed by atoms with Gasteiger partial charge < -0.3 is 19.9 Å². The average Bonchev–Trinajstić information content (AvgIpc) is 2.65. The van der Waals surface area contributed by atoms with Gasteiger partial charge in [0.1, 0.15) is 17.6 Å². The minimum atomic E-state index is -1.02. The zero-order valence-electron chi connectivity index (χ0n) is 14.1. The number of benzene rings is 1. The number of anilines is 1. The number of rotatable bonds is 5. The van der Waals surface area contributed by atoms with Crippen LogP contribution in [0.1, 0.15) is 18.4 Å². The largest absolute Gasteiger partial charge is 0.455 e. The van der Waals surface area contributed by atoms with Crippen molar-refractivity contribution in [2.75, 3.05) is 18.5 Å². The molecule has 0 unspecified atom stereocenters. The standard InChI is InChI=1S/C19H22N2O4/c1-13-11-15(4-5-17(13)25-16-3-2-8-20-12-16)21-19(23)18(22)14-6-9-24-10-7-14/h2-5,8,11-12,14,18,22H,6-7,9-10H2,1H3,(H,21,23)/t18-/m1/s1. The van der Waals surface area contributed by atoms with Gasteiger partial charge in [-0.05, 0) is 61.6 Å². The van der Waals surface area contributed by atoms with Crippen LogP contribution in [0.5, 0.6) is 11.5 Å². The number of hydrogen-bond acceptors (Lipinski definition) is 5. The number of hydrogen-bond donors (Lipinski definition) is 2. The summed E-state index contributed by atoms with van der Waals surface area (Å²) >= 11 is 0. The topological polar surface area (TPSA) is 80.7 Å². The fourth-order valence-electron chi connectivity index (χ4n) is 2.84. The zero-order chi connectivity index (χ0) is 17.6. The van der Waals surface area contributed by atoms with Gasteiger partial charge in [-0.3, -0.25) is 9.78 Å². The smallest absolute Gasteiger partial charge is 0.253 e. The lowest BCUT2D eigenvalue weighted by atomic mass is 9.93. The number of aliphatic hydroxyl groups excluding tert-OH is 1. The Bertz CT molecular complexity index is 715. The van der Waals surface area contributed by atoms with E-state index in [4.69, 9.17) is 9.47 Å². The Morgan fingerprint density at radius 3 is 2.84 bits per heavy atom. The Morgan fingerprint density at radius 2 is 2.16 bits per heavy atom. The monoisotopic (exact) mass is 342 g/mol. The number of pyridine rings is 1. The molecule has 0 bridgehead atoms. The van der Waals surface area contributed by atoms with E-state index >= 15 is 0 Å². The summed E-state index contributed by atoms with van der Waals surface area (Å²) in [7, 11) is 0. The summed E-state index contributed by atoms with van der Waals surface area (Å²) in [5, 5.41) is 13.0. The minimum Gasteiger partial charge on any atom is -0.455 e. The van der Waals surface area contributed by atoms with Gasteiger partial charge in [-0.1, -0.05) is 0 Å². The van der Waals surface area contributed by atoms with Gasteiger partial charge in [0, 0.05) is 25.1 Å². The molecule has 2 heterocycles. The van der Waals surface area contributed by atoms with E-state index in [0.29, 0.717) is 43.2 Å². The van der Waals surface area contributed by atoms with Gasteiger partial charge in [0.2, 0.25) is 0 Å². The maximum atomic E-state index is 12.3. The lowest BCUT2D eigenvalue weighted by Gasteiger charge is -2.26. The number of carbonyl (C=O) groups excluding carboxylic acids is 1. The first-order chi connectivity index (χ1) is 12.1. The highest BCUT2D eigenvalue weighted by molar-refractivity contribution is 5.94. The van der Waals surface area contributed by atoms with Crippen molar-refractivity contribution in [2.45, 2.75) is 25.9 Å². The number of ether oxygens (including phenoxy) is 2. The highest BCUT2D eigenvalue weighted by atomic mass is 16.5. The number of aryl methyl sites for hydroxylation is 1. The second-order valence-electron chi connectivity index (χ2n) is 6.15. The molecule has 1 amide bonds. The molecule has 1 aliphatic heterocycles. The van der Waals surface area contributed by atoms with Crippen LogP contribution in [0, 0.1) is 12.8 Å². The van der Waals surface area contributed by atoms with Crippen molar-refractivity contribution < 1.29 is 19.4 Å². The molecule has 2 N–H and O–H groups in total. The summed E-state index contributed by atoms with van der Waals surface area (Å²) in [6.45, 7) is 3.08. The molecule has 2 aromatic rings. The molecule has 132 valence electrons. The van der Waals surface area contributed by atoms with Crippen LogP contribution in [0.25, 0.3) is 0 Å². The summed E-state index contributed by atoms with van der Waals surface area (Å²) < 4.78 is 11.0. The lowest BCUT2D eigenvalue weighted by molar-refractivity contribution is -0.128. The number of nitrogens with one attached hydrogen (secondary N) is 1. The quantitative estimate of drug-likeness (QED) is 0.873. The average molecular weight is 342 g/mol. The van der Waals surface area contributed by atoms with Gasteiger partial charge in [-0.15, -0.1) is 0 Å². The van der Waals surface area contributed by atoms with Gasteiger partial charge in [-0.25, -0.2) is 0 Å². The molecule has 0 aliphatic carbocycles. The van der Waals surface area contributed by atoms with Gasteiger partial charge >= 0.3 is 0 Å². The maximum Gasteiger partial charge on any atom is 0.253 e. The SMILES string of the molecule is Cc1cc(NC(=O)[C@H](O)C2CCOCC2)ccc1Oc1cccnc1. The molecule has 0 spiro atoms. The molecule has 1 fully saturated rings. The normalized spacial score (nSPS) is 16.2. The molecule has 6 nitrogen and oxygen atoms in total. The van der Waals surface area contributed by atoms with Crippen LogP contribution in [0.2, 0.25) is 0 Å². The number of carbonyl (C=O) groups is 1. The third kappa shape index (κ3) is 4.55. The summed E-state index contributed by atoms with van der Waals surface area (Å²) in [4.78, 5) is 16.3. The van der Waals surface area contributed by atoms with Crippen molar-refractivity contribution in [3.05, 3.63) is 48.3 Å². The third-order valence-electron chi connectivity index (χ3n) is 4.29. The van der Waals surface area contributed by atoms with E-state index in [2.05, 4.69) is 10.3 Å². The lowest BCUT2D eigenvalue weighted by Crippen LogP contribution is -2.37. The number of amides is 1. The van der Waals surface area contributed by atoms with Crippen LogP contribution in [-0.2, 0) is 9.53 Å². The molecule has 0 radical (unpaired) electrons. The fraction of sp³-hybridized carbons (Fsp3) is 0.368. The Labute approximate surface area is 146 Å². The van der Waals surface area contributed by atoms with E-state index < -0.39 is 6.10 Å². The second-order valence-corrected chi connectivity index (χ2v) is 6.15. The van der Waals surface area contributed by atoms with Crippen molar-refractivity contribution in [3.8, 4) is 11.5 Å². The summed E-state index contributed by atoms with van der Waals surface area (Å²) in [5.74, 6) is 0.906. The third-order valence-corrected chi connectivity index (χ3v) is 4.29. The molecule has 1 aromatic heterocycles. The highest BCUT2D eigenvalue weighted by Gasteiger charge is 2.27. The van der Waals surface area contributed by atoms with Crippen LogP contribution < -0.4 is 10.1 Å². The molecule has 1 aliphatic rings. The van der Waals surface area contributed by atoms with Gasteiger partial charge in [-0.2, -0.15) is 0 Å². The predicted octanol–water partition coefficient (Wildman–Crippen LogP) is 2.91. The van der Waals surface area contributed by atoms with Crippen molar-refractivity contribution in [3.63, 3.8) is 0 Å². The first kappa shape index (κ1) is 17.4. The van der Waals surface area contributed by atoms with Crippen molar-refractivity contribution >= 4 is 11.6 Å². The Morgan fingerprint density at radius 1 is 1.36 bits per heavy atom. The van der Waals surface area contributed by atoms with Crippen molar-refractivity contribution in [2.24, 2.45) is 5.92 Å². The Hall–Kier alpha value is -2.44. The molecule has 0 saturated carbocycles. The van der Waals surface area contributed by atoms with Crippen molar-refractivity contribution in [1.82, 2.24) is 4.98 Å². The van der Waals surface area contributed by atoms with Crippen LogP contribution in [0.4, 0.5) is 5.69 Å². The summed E-state index contributed by atoms with van der Waals surface area (Å²) in [6, 6.07) is 9.00. The summed E-state index contributed by atoms with van der Waals surface area (Å²) in [6.07, 6.45) is 3.70. The van der Waals surface area contributed by atoms with E-state index in [9.17, 15) is 9.90 Å². The van der Waals surface area contributed by atoms with Crippen LogP contribution in [0.15, 0.2) is 42.7 Å². The van der Waals surface area contributed by atoms with Crippen molar-refractivity contribution in [1.29, 1.82) is 0 Å². The van der Waals surface area contributed by atoms with E-state index in [0.717, 1.165) is 5.56 Å². The van der Waals surface area contributed by atoms with Gasteiger partial charge in [0.05, 0.1) is 6.20 Å². The first-order valence-electron chi connectivity index (χ1n) is 8.38. The number of aromatic nitrogens is 1. The minimum absolute atomic E-state index is 0.0527. The molecule has 1 saturated heterocycles. The fourth-order valence-corrected chi connectivity index (χ4v) is 2.84. The Balaban J connectivity index is 1.63. The number of aliphatic hydroxyl groups is 1. The second kappa shape index (κ2) is 8.09.